The Bertz CT molecular complexity index is 676. The summed E-state index contributed by atoms with van der Waals surface area (Å²) in [5.74, 6) is 0.900. The zero-order valence-electron chi connectivity index (χ0n) is 15.2. The van der Waals surface area contributed by atoms with Gasteiger partial charge in [0.1, 0.15) is 38.5 Å². The van der Waals surface area contributed by atoms with Crippen LogP contribution in [-0.2, 0) is 11.3 Å². The van der Waals surface area contributed by atoms with Crippen molar-refractivity contribution < 1.29 is 19.0 Å². The first kappa shape index (κ1) is 17.7. The quantitative estimate of drug-likeness (QED) is 0.677. The highest BCUT2D eigenvalue weighted by Crippen LogP contribution is 2.11. The number of quaternary nitrogens is 2. The van der Waals surface area contributed by atoms with Gasteiger partial charge in [-0.2, -0.15) is 0 Å². The van der Waals surface area contributed by atoms with Crippen LogP contribution in [0.2, 0.25) is 0 Å². The SMILES string of the molecule is Cc1cccc(C[NH+]2CC[NH+](CC(=O)N[C@H](C)c3ccco3)CC2)c1. The van der Waals surface area contributed by atoms with Crippen molar-refractivity contribution in [2.75, 3.05) is 32.7 Å². The van der Waals surface area contributed by atoms with Crippen molar-refractivity contribution in [2.24, 2.45) is 0 Å². The molecule has 2 heterocycles. The summed E-state index contributed by atoms with van der Waals surface area (Å²) in [5.41, 5.74) is 2.73. The third-order valence-electron chi connectivity index (χ3n) is 4.96. The molecule has 0 aliphatic carbocycles. The van der Waals surface area contributed by atoms with Gasteiger partial charge in [-0.25, -0.2) is 0 Å². The predicted octanol–water partition coefficient (Wildman–Crippen LogP) is -0.251. The van der Waals surface area contributed by atoms with Crippen molar-refractivity contribution in [1.82, 2.24) is 5.32 Å². The Hall–Kier alpha value is -2.11. The molecule has 0 spiro atoms. The molecule has 0 unspecified atom stereocenters. The van der Waals surface area contributed by atoms with Crippen molar-refractivity contribution in [3.63, 3.8) is 0 Å². The van der Waals surface area contributed by atoms with Gasteiger partial charge in [-0.15, -0.1) is 0 Å². The Morgan fingerprint density at radius 3 is 2.60 bits per heavy atom. The Morgan fingerprint density at radius 2 is 1.92 bits per heavy atom. The number of nitrogens with one attached hydrogen (secondary N) is 3. The lowest BCUT2D eigenvalue weighted by Crippen LogP contribution is -3.28. The molecule has 25 heavy (non-hydrogen) atoms. The zero-order valence-corrected chi connectivity index (χ0v) is 15.2. The monoisotopic (exact) mass is 343 g/mol. The number of carbonyl (C=O) groups excluding carboxylic acids is 1. The second-order valence-electron chi connectivity index (χ2n) is 7.15. The highest BCUT2D eigenvalue weighted by molar-refractivity contribution is 5.77. The van der Waals surface area contributed by atoms with Crippen LogP contribution in [0, 0.1) is 6.92 Å². The Labute approximate surface area is 149 Å². The minimum absolute atomic E-state index is 0.0739. The molecule has 1 aliphatic heterocycles. The fourth-order valence-corrected chi connectivity index (χ4v) is 3.55. The van der Waals surface area contributed by atoms with E-state index in [1.165, 1.54) is 16.0 Å². The number of furan rings is 1. The normalized spacial score (nSPS) is 21.7. The molecular weight excluding hydrogens is 314 g/mol. The summed E-state index contributed by atoms with van der Waals surface area (Å²) in [4.78, 5) is 15.2. The maximum atomic E-state index is 12.2. The molecule has 0 saturated carbocycles. The molecule has 1 aromatic carbocycles. The van der Waals surface area contributed by atoms with Crippen LogP contribution >= 0.6 is 0 Å². The minimum atomic E-state index is -0.0739. The van der Waals surface area contributed by atoms with Gasteiger partial charge in [-0.05, 0) is 26.0 Å². The first-order valence-corrected chi connectivity index (χ1v) is 9.15. The average Bonchev–Trinajstić information content (AvgIpc) is 3.11. The predicted molar refractivity (Wildman–Crippen MR) is 96.4 cm³/mol. The lowest BCUT2D eigenvalue weighted by molar-refractivity contribution is -1.02. The van der Waals surface area contributed by atoms with Gasteiger partial charge in [-0.3, -0.25) is 4.79 Å². The molecule has 5 heteroatoms. The number of hydrogen-bond acceptors (Lipinski definition) is 2. The highest BCUT2D eigenvalue weighted by atomic mass is 16.3. The van der Waals surface area contributed by atoms with Crippen molar-refractivity contribution >= 4 is 5.91 Å². The van der Waals surface area contributed by atoms with E-state index in [0.29, 0.717) is 6.54 Å². The van der Waals surface area contributed by atoms with Gasteiger partial charge >= 0.3 is 0 Å². The van der Waals surface area contributed by atoms with Gasteiger partial charge in [0, 0.05) is 5.56 Å². The topological polar surface area (TPSA) is 51.1 Å². The molecule has 1 saturated heterocycles. The fraction of sp³-hybridized carbons (Fsp3) is 0.450. The molecule has 1 aromatic heterocycles. The molecule has 1 aliphatic rings. The van der Waals surface area contributed by atoms with E-state index in [4.69, 9.17) is 4.42 Å². The number of benzene rings is 1. The molecule has 3 N–H and O–H groups in total. The molecule has 3 rings (SSSR count). The molecule has 1 atom stereocenters. The van der Waals surface area contributed by atoms with Gasteiger partial charge in [0.15, 0.2) is 6.54 Å². The second kappa shape index (κ2) is 8.32. The first-order valence-electron chi connectivity index (χ1n) is 9.15. The van der Waals surface area contributed by atoms with Crippen LogP contribution in [0.5, 0.6) is 0 Å². The summed E-state index contributed by atoms with van der Waals surface area (Å²) < 4.78 is 5.34. The molecule has 1 fully saturated rings. The number of amides is 1. The molecule has 0 bridgehead atoms. The van der Waals surface area contributed by atoms with Gasteiger partial charge in [-0.1, -0.05) is 29.8 Å². The Morgan fingerprint density at radius 1 is 1.16 bits per heavy atom. The van der Waals surface area contributed by atoms with E-state index in [9.17, 15) is 4.79 Å². The van der Waals surface area contributed by atoms with Gasteiger partial charge in [0.05, 0.1) is 12.3 Å². The average molecular weight is 343 g/mol. The van der Waals surface area contributed by atoms with Crippen LogP contribution in [0.3, 0.4) is 0 Å². The van der Waals surface area contributed by atoms with Gasteiger partial charge in [0.25, 0.3) is 5.91 Å². The molecule has 1 amide bonds. The maximum absolute atomic E-state index is 12.2. The summed E-state index contributed by atoms with van der Waals surface area (Å²) in [6.45, 7) is 10.0. The van der Waals surface area contributed by atoms with Crippen LogP contribution in [-0.4, -0.2) is 38.6 Å². The minimum Gasteiger partial charge on any atom is -0.467 e. The lowest BCUT2D eigenvalue weighted by atomic mass is 10.1. The zero-order chi connectivity index (χ0) is 17.6. The number of carbonyl (C=O) groups is 1. The summed E-state index contributed by atoms with van der Waals surface area (Å²) in [7, 11) is 0. The summed E-state index contributed by atoms with van der Waals surface area (Å²) in [6, 6.07) is 12.4. The van der Waals surface area contributed by atoms with E-state index in [2.05, 4.69) is 36.5 Å². The van der Waals surface area contributed by atoms with Crippen LogP contribution in [0.4, 0.5) is 0 Å². The maximum Gasteiger partial charge on any atom is 0.275 e. The van der Waals surface area contributed by atoms with Crippen molar-refractivity contribution in [1.29, 1.82) is 0 Å². The molecule has 2 aromatic rings. The van der Waals surface area contributed by atoms with Crippen molar-refractivity contribution in [3.05, 3.63) is 59.5 Å². The van der Waals surface area contributed by atoms with Crippen molar-refractivity contribution in [3.8, 4) is 0 Å². The van der Waals surface area contributed by atoms with Gasteiger partial charge in [0.2, 0.25) is 0 Å². The third-order valence-corrected chi connectivity index (χ3v) is 4.96. The van der Waals surface area contributed by atoms with Crippen molar-refractivity contribution in [2.45, 2.75) is 26.4 Å². The third kappa shape index (κ3) is 5.18. The molecular formula is C20H29N3O2+2. The van der Waals surface area contributed by atoms with E-state index in [0.717, 1.165) is 38.5 Å². The fourth-order valence-electron chi connectivity index (χ4n) is 3.55. The number of aryl methyl sites for hydroxylation is 1. The van der Waals surface area contributed by atoms with Crippen LogP contribution in [0.15, 0.2) is 47.1 Å². The summed E-state index contributed by atoms with van der Waals surface area (Å²) in [5, 5.41) is 3.03. The van der Waals surface area contributed by atoms with Gasteiger partial charge < -0.3 is 19.5 Å². The smallest absolute Gasteiger partial charge is 0.275 e. The van der Waals surface area contributed by atoms with E-state index < -0.39 is 0 Å². The summed E-state index contributed by atoms with van der Waals surface area (Å²) >= 11 is 0. The first-order chi connectivity index (χ1) is 12.1. The molecule has 134 valence electrons. The Kier molecular flexibility index (Phi) is 5.89. The van der Waals surface area contributed by atoms with E-state index >= 15 is 0 Å². The van der Waals surface area contributed by atoms with Crippen LogP contribution < -0.4 is 15.1 Å². The van der Waals surface area contributed by atoms with Crippen LogP contribution in [0.1, 0.15) is 29.9 Å². The van der Waals surface area contributed by atoms with E-state index in [1.807, 2.05) is 19.1 Å². The number of piperazine rings is 1. The number of rotatable bonds is 6. The van der Waals surface area contributed by atoms with Crippen LogP contribution in [0.25, 0.3) is 0 Å². The second-order valence-corrected chi connectivity index (χ2v) is 7.15. The molecule has 0 radical (unpaired) electrons. The standard InChI is InChI=1S/C20H27N3O2/c1-16-5-3-6-18(13-16)14-22-8-10-23(11-9-22)15-20(24)21-17(2)19-7-4-12-25-19/h3-7,12-13,17H,8-11,14-15H2,1-2H3,(H,21,24)/p+2/t17-/m1/s1. The number of hydrogen-bond donors (Lipinski definition) is 3. The Balaban J connectivity index is 1.41. The highest BCUT2D eigenvalue weighted by Gasteiger charge is 2.25. The van der Waals surface area contributed by atoms with E-state index in [-0.39, 0.29) is 11.9 Å². The summed E-state index contributed by atoms with van der Waals surface area (Å²) in [6.07, 6.45) is 1.64. The van der Waals surface area contributed by atoms with E-state index in [1.54, 1.807) is 11.2 Å². The molecule has 5 nitrogen and oxygen atoms in total. The largest absolute Gasteiger partial charge is 0.467 e. The lowest BCUT2D eigenvalue weighted by Gasteiger charge is -2.29.